The lowest BCUT2D eigenvalue weighted by molar-refractivity contribution is 0.0986. The molecule has 0 bridgehead atoms. The first-order valence-electron chi connectivity index (χ1n) is 11.0. The normalized spacial score (nSPS) is 16.8. The third-order valence-corrected chi connectivity index (χ3v) is 5.85. The van der Waals surface area contributed by atoms with E-state index in [1.54, 1.807) is 12.1 Å². The third kappa shape index (κ3) is 3.27. The monoisotopic (exact) mass is 421 g/mol. The first-order chi connectivity index (χ1) is 15.6. The number of aromatic hydroxyl groups is 1. The molecule has 4 aromatic carbocycles. The fourth-order valence-electron chi connectivity index (χ4n) is 4.50. The van der Waals surface area contributed by atoms with Gasteiger partial charge in [0, 0.05) is 11.3 Å². The Hall–Kier alpha value is -3.85. The van der Waals surface area contributed by atoms with Crippen LogP contribution in [0.25, 0.3) is 0 Å². The number of rotatable bonds is 3. The van der Waals surface area contributed by atoms with Gasteiger partial charge in [0.2, 0.25) is 0 Å². The molecule has 1 atom stereocenters. The van der Waals surface area contributed by atoms with E-state index in [4.69, 9.17) is 0 Å². The molecule has 0 spiro atoms. The van der Waals surface area contributed by atoms with Crippen LogP contribution in [0.15, 0.2) is 103 Å². The number of benzene rings is 4. The van der Waals surface area contributed by atoms with E-state index in [1.165, 1.54) is 0 Å². The fourth-order valence-corrected chi connectivity index (χ4v) is 4.50. The lowest BCUT2D eigenvalue weighted by atomic mass is 9.76. The Morgan fingerprint density at radius 3 is 1.84 bits per heavy atom. The lowest BCUT2D eigenvalue weighted by Gasteiger charge is -2.40. The second-order valence-corrected chi connectivity index (χ2v) is 7.65. The van der Waals surface area contributed by atoms with Crippen LogP contribution < -0.4 is 4.90 Å². The van der Waals surface area contributed by atoms with Crippen molar-refractivity contribution in [2.45, 2.75) is 26.3 Å². The van der Waals surface area contributed by atoms with Crippen LogP contribution in [0.2, 0.25) is 0 Å². The Kier molecular flexibility index (Phi) is 5.83. The number of hydrogen-bond acceptors (Lipinski definition) is 2. The van der Waals surface area contributed by atoms with E-state index in [9.17, 15) is 9.90 Å². The summed E-state index contributed by atoms with van der Waals surface area (Å²) in [6, 6.07) is 33.1. The number of nitrogens with zero attached hydrogens (tertiary/aromatic N) is 1. The maximum absolute atomic E-state index is 13.8. The highest BCUT2D eigenvalue weighted by Gasteiger charge is 2.52. The van der Waals surface area contributed by atoms with E-state index in [0.29, 0.717) is 5.56 Å². The molecule has 0 saturated carbocycles. The number of amides is 1. The van der Waals surface area contributed by atoms with Crippen molar-refractivity contribution < 1.29 is 9.90 Å². The minimum atomic E-state index is -0.837. The zero-order valence-electron chi connectivity index (χ0n) is 18.6. The molecule has 1 amide bonds. The van der Waals surface area contributed by atoms with Crippen molar-refractivity contribution in [2.24, 2.45) is 0 Å². The Morgan fingerprint density at radius 2 is 1.22 bits per heavy atom. The van der Waals surface area contributed by atoms with Crippen LogP contribution in [-0.4, -0.2) is 11.0 Å². The predicted molar refractivity (Wildman–Crippen MR) is 130 cm³/mol. The summed E-state index contributed by atoms with van der Waals surface area (Å²) < 4.78 is 0. The van der Waals surface area contributed by atoms with Gasteiger partial charge >= 0.3 is 0 Å². The van der Waals surface area contributed by atoms with Gasteiger partial charge in [0.1, 0.15) is 11.3 Å². The minimum absolute atomic E-state index is 0.0366. The molecule has 1 N–H and O–H groups in total. The van der Waals surface area contributed by atoms with Crippen molar-refractivity contribution in [1.29, 1.82) is 0 Å². The van der Waals surface area contributed by atoms with Crippen LogP contribution in [-0.2, 0) is 5.54 Å². The summed E-state index contributed by atoms with van der Waals surface area (Å²) in [7, 11) is 0. The molecule has 1 aliphatic heterocycles. The van der Waals surface area contributed by atoms with Gasteiger partial charge in [-0.05, 0) is 53.9 Å². The zero-order chi connectivity index (χ0) is 22.7. The highest BCUT2D eigenvalue weighted by atomic mass is 16.3. The molecular weight excluding hydrogens is 394 g/mol. The minimum Gasteiger partial charge on any atom is -0.508 e. The van der Waals surface area contributed by atoms with Crippen molar-refractivity contribution in [2.75, 3.05) is 4.90 Å². The Morgan fingerprint density at radius 1 is 0.688 bits per heavy atom. The smallest absolute Gasteiger partial charge is 0.260 e. The number of aryl methyl sites for hydroxylation is 1. The standard InChI is InChI=1S/C27H21NO2.C2H6/c1-19-11-13-20(14-12-19)27(21-15-17-23(29)18-16-21)25-10-6-5-9-24(25)26(30)28(27)22-7-3-2-4-8-22;1-2/h2-18,29H,1H3;1-2H3. The van der Waals surface area contributed by atoms with Gasteiger partial charge in [-0.1, -0.05) is 92.2 Å². The quantitative estimate of drug-likeness (QED) is 0.401. The number of para-hydroxylation sites is 1. The van der Waals surface area contributed by atoms with Crippen LogP contribution >= 0.6 is 0 Å². The summed E-state index contributed by atoms with van der Waals surface area (Å²) in [5.74, 6) is 0.159. The van der Waals surface area contributed by atoms with E-state index in [-0.39, 0.29) is 11.7 Å². The van der Waals surface area contributed by atoms with E-state index >= 15 is 0 Å². The predicted octanol–water partition coefficient (Wildman–Crippen LogP) is 6.68. The summed E-state index contributed by atoms with van der Waals surface area (Å²) in [6.45, 7) is 6.06. The summed E-state index contributed by atoms with van der Waals surface area (Å²) >= 11 is 0. The van der Waals surface area contributed by atoms with Crippen molar-refractivity contribution in [3.05, 3.63) is 131 Å². The molecule has 0 saturated heterocycles. The summed E-state index contributed by atoms with van der Waals surface area (Å²) in [4.78, 5) is 15.7. The lowest BCUT2D eigenvalue weighted by Crippen LogP contribution is -2.46. The number of anilines is 1. The van der Waals surface area contributed by atoms with Gasteiger partial charge in [0.15, 0.2) is 0 Å². The van der Waals surface area contributed by atoms with E-state index < -0.39 is 5.54 Å². The zero-order valence-corrected chi connectivity index (χ0v) is 18.6. The van der Waals surface area contributed by atoms with Crippen molar-refractivity contribution >= 4 is 11.6 Å². The number of fused-ring (bicyclic) bond motifs is 1. The van der Waals surface area contributed by atoms with Gasteiger partial charge in [-0.2, -0.15) is 0 Å². The number of hydrogen-bond donors (Lipinski definition) is 1. The van der Waals surface area contributed by atoms with Crippen molar-refractivity contribution in [3.63, 3.8) is 0 Å². The molecule has 3 heteroatoms. The molecule has 32 heavy (non-hydrogen) atoms. The maximum atomic E-state index is 13.8. The number of phenols is 1. The molecule has 0 radical (unpaired) electrons. The van der Waals surface area contributed by atoms with Crippen molar-refractivity contribution in [3.8, 4) is 5.75 Å². The summed E-state index contributed by atoms with van der Waals surface area (Å²) in [6.07, 6.45) is 0. The molecule has 0 aromatic heterocycles. The Bertz CT molecular complexity index is 1170. The van der Waals surface area contributed by atoms with Gasteiger partial charge in [-0.15, -0.1) is 0 Å². The van der Waals surface area contributed by atoms with Crippen LogP contribution in [0.5, 0.6) is 5.75 Å². The molecule has 0 aliphatic carbocycles. The average Bonchev–Trinajstić information content (AvgIpc) is 3.11. The molecule has 160 valence electrons. The van der Waals surface area contributed by atoms with Gasteiger partial charge in [-0.3, -0.25) is 9.69 Å². The van der Waals surface area contributed by atoms with Crippen LogP contribution in [0, 0.1) is 6.92 Å². The number of phenolic OH excluding ortho intramolecular Hbond substituents is 1. The van der Waals surface area contributed by atoms with Gasteiger partial charge in [-0.25, -0.2) is 0 Å². The van der Waals surface area contributed by atoms with Crippen LogP contribution in [0.4, 0.5) is 5.69 Å². The van der Waals surface area contributed by atoms with E-state index in [0.717, 1.165) is 27.9 Å². The van der Waals surface area contributed by atoms with E-state index in [1.807, 2.05) is 85.5 Å². The fraction of sp³-hybridized carbons (Fsp3) is 0.138. The molecular formula is C29H27NO2. The number of carbonyl (C=O) groups is 1. The highest BCUT2D eigenvalue weighted by Crippen LogP contribution is 2.51. The second-order valence-electron chi connectivity index (χ2n) is 7.65. The maximum Gasteiger partial charge on any atom is 0.260 e. The number of carbonyl (C=O) groups excluding carboxylic acids is 1. The van der Waals surface area contributed by atoms with Gasteiger partial charge in [0.25, 0.3) is 5.91 Å². The molecule has 0 fully saturated rings. The van der Waals surface area contributed by atoms with Gasteiger partial charge < -0.3 is 5.11 Å². The Labute approximate surface area is 189 Å². The Balaban J connectivity index is 0.00000119. The molecule has 4 aromatic rings. The second kappa shape index (κ2) is 8.72. The van der Waals surface area contributed by atoms with Crippen molar-refractivity contribution in [1.82, 2.24) is 0 Å². The van der Waals surface area contributed by atoms with Gasteiger partial charge in [0.05, 0.1) is 0 Å². The molecule has 1 unspecified atom stereocenters. The summed E-state index contributed by atoms with van der Waals surface area (Å²) in [5.41, 5.74) is 4.70. The average molecular weight is 422 g/mol. The largest absolute Gasteiger partial charge is 0.508 e. The van der Waals surface area contributed by atoms with E-state index in [2.05, 4.69) is 31.2 Å². The SMILES string of the molecule is CC.Cc1ccc(C2(c3ccc(O)cc3)c3ccccc3C(=O)N2c2ccccc2)cc1. The summed E-state index contributed by atoms with van der Waals surface area (Å²) in [5, 5.41) is 9.94. The molecule has 5 rings (SSSR count). The molecule has 1 aliphatic rings. The molecule has 3 nitrogen and oxygen atoms in total. The third-order valence-electron chi connectivity index (χ3n) is 5.85. The highest BCUT2D eigenvalue weighted by molar-refractivity contribution is 6.13. The van der Waals surface area contributed by atoms with Crippen LogP contribution in [0.1, 0.15) is 46.5 Å². The van der Waals surface area contributed by atoms with Crippen LogP contribution in [0.3, 0.4) is 0 Å². The topological polar surface area (TPSA) is 40.5 Å². The molecule has 1 heterocycles. The first-order valence-corrected chi connectivity index (χ1v) is 11.0. The first kappa shape index (κ1) is 21.4.